The second kappa shape index (κ2) is 3.70. The Kier molecular flexibility index (Phi) is 2.84. The minimum atomic E-state index is -0.879. The summed E-state index contributed by atoms with van der Waals surface area (Å²) in [6.45, 7) is 2.06. The highest BCUT2D eigenvalue weighted by Crippen LogP contribution is 2.19. The Morgan fingerprint density at radius 1 is 1.33 bits per heavy atom. The minimum Gasteiger partial charge on any atom is -0.383 e. The molecule has 1 N–H and O–H groups in total. The van der Waals surface area contributed by atoms with Gasteiger partial charge in [0.25, 0.3) is 0 Å². The molecule has 0 amide bonds. The van der Waals surface area contributed by atoms with Crippen LogP contribution < -0.4 is 0 Å². The van der Waals surface area contributed by atoms with E-state index in [2.05, 4.69) is 0 Å². The summed E-state index contributed by atoms with van der Waals surface area (Å²) in [4.78, 5) is 0. The van der Waals surface area contributed by atoms with Crippen LogP contribution in [0.15, 0.2) is 30.3 Å². The van der Waals surface area contributed by atoms with Crippen LogP contribution in [0.5, 0.6) is 0 Å². The number of benzene rings is 1. The first-order valence-electron chi connectivity index (χ1n) is 3.93. The zero-order valence-electron chi connectivity index (χ0n) is 7.45. The summed E-state index contributed by atoms with van der Waals surface area (Å²) in [6.07, 6.45) is 0. The second-order valence-corrected chi connectivity index (χ2v) is 3.07. The lowest BCUT2D eigenvalue weighted by Gasteiger charge is -2.22. The van der Waals surface area contributed by atoms with Gasteiger partial charge < -0.3 is 9.84 Å². The molecule has 0 aromatic heterocycles. The SMILES string of the molecule is COC[C@@](C)(O)c1ccccc1. The topological polar surface area (TPSA) is 29.5 Å². The third-order valence-electron chi connectivity index (χ3n) is 1.82. The lowest BCUT2D eigenvalue weighted by Crippen LogP contribution is -2.26. The van der Waals surface area contributed by atoms with Crippen LogP contribution in [0.4, 0.5) is 0 Å². The Bertz CT molecular complexity index is 229. The molecular formula is C10H14O2. The summed E-state index contributed by atoms with van der Waals surface area (Å²) in [5, 5.41) is 9.86. The van der Waals surface area contributed by atoms with Crippen molar-refractivity contribution < 1.29 is 9.84 Å². The molecule has 0 spiro atoms. The van der Waals surface area contributed by atoms with Crippen molar-refractivity contribution in [3.8, 4) is 0 Å². The molecule has 12 heavy (non-hydrogen) atoms. The van der Waals surface area contributed by atoms with Gasteiger partial charge in [-0.1, -0.05) is 30.3 Å². The third-order valence-corrected chi connectivity index (χ3v) is 1.82. The molecule has 1 aromatic rings. The van der Waals surface area contributed by atoms with Gasteiger partial charge in [-0.25, -0.2) is 0 Å². The highest BCUT2D eigenvalue weighted by Gasteiger charge is 2.21. The number of methoxy groups -OCH3 is 1. The van der Waals surface area contributed by atoms with Gasteiger partial charge in [0.1, 0.15) is 5.60 Å². The van der Waals surface area contributed by atoms with Crippen molar-refractivity contribution in [3.05, 3.63) is 35.9 Å². The smallest absolute Gasteiger partial charge is 0.110 e. The van der Waals surface area contributed by atoms with Crippen molar-refractivity contribution in [2.75, 3.05) is 13.7 Å². The standard InChI is InChI=1S/C10H14O2/c1-10(11,8-12-2)9-6-4-3-5-7-9/h3-7,11H,8H2,1-2H3/t10-/m1/s1. The van der Waals surface area contributed by atoms with E-state index in [1.165, 1.54) is 0 Å². The van der Waals surface area contributed by atoms with Gasteiger partial charge in [-0.2, -0.15) is 0 Å². The number of hydrogen-bond donors (Lipinski definition) is 1. The van der Waals surface area contributed by atoms with Crippen molar-refractivity contribution in [1.29, 1.82) is 0 Å². The number of hydrogen-bond acceptors (Lipinski definition) is 2. The normalized spacial score (nSPS) is 15.6. The Hall–Kier alpha value is -0.860. The molecule has 0 bridgehead atoms. The molecule has 0 unspecified atom stereocenters. The number of rotatable bonds is 3. The van der Waals surface area contributed by atoms with Gasteiger partial charge in [0.05, 0.1) is 6.61 Å². The molecule has 2 heteroatoms. The maximum absolute atomic E-state index is 9.86. The van der Waals surface area contributed by atoms with Crippen LogP contribution in [-0.4, -0.2) is 18.8 Å². The highest BCUT2D eigenvalue weighted by molar-refractivity contribution is 5.21. The van der Waals surface area contributed by atoms with Crippen LogP contribution in [0.2, 0.25) is 0 Å². The maximum Gasteiger partial charge on any atom is 0.110 e. The first kappa shape index (κ1) is 9.23. The first-order chi connectivity index (χ1) is 5.67. The van der Waals surface area contributed by atoms with E-state index >= 15 is 0 Å². The molecule has 1 rings (SSSR count). The largest absolute Gasteiger partial charge is 0.383 e. The number of aliphatic hydroxyl groups is 1. The Balaban J connectivity index is 2.82. The van der Waals surface area contributed by atoms with E-state index in [4.69, 9.17) is 4.74 Å². The lowest BCUT2D eigenvalue weighted by molar-refractivity contribution is -0.0208. The first-order valence-corrected chi connectivity index (χ1v) is 3.93. The quantitative estimate of drug-likeness (QED) is 0.738. The van der Waals surface area contributed by atoms with Crippen LogP contribution in [-0.2, 0) is 10.3 Å². The van der Waals surface area contributed by atoms with Crippen molar-refractivity contribution in [1.82, 2.24) is 0 Å². The maximum atomic E-state index is 9.86. The molecule has 1 atom stereocenters. The fourth-order valence-electron chi connectivity index (χ4n) is 1.16. The highest BCUT2D eigenvalue weighted by atomic mass is 16.5. The molecule has 0 aliphatic rings. The average molecular weight is 166 g/mol. The van der Waals surface area contributed by atoms with Crippen molar-refractivity contribution >= 4 is 0 Å². The van der Waals surface area contributed by atoms with Gasteiger partial charge in [-0.3, -0.25) is 0 Å². The molecule has 0 aliphatic carbocycles. The van der Waals surface area contributed by atoms with E-state index in [1.54, 1.807) is 14.0 Å². The van der Waals surface area contributed by atoms with E-state index in [0.717, 1.165) is 5.56 Å². The van der Waals surface area contributed by atoms with E-state index in [-0.39, 0.29) is 0 Å². The zero-order chi connectivity index (χ0) is 9.03. The van der Waals surface area contributed by atoms with Gasteiger partial charge in [-0.05, 0) is 12.5 Å². The van der Waals surface area contributed by atoms with Crippen LogP contribution in [0.3, 0.4) is 0 Å². The van der Waals surface area contributed by atoms with Crippen LogP contribution in [0.25, 0.3) is 0 Å². The van der Waals surface area contributed by atoms with Gasteiger partial charge in [0.2, 0.25) is 0 Å². The molecule has 2 nitrogen and oxygen atoms in total. The van der Waals surface area contributed by atoms with Gasteiger partial charge in [0.15, 0.2) is 0 Å². The molecule has 0 aliphatic heterocycles. The molecule has 0 saturated heterocycles. The molecule has 0 fully saturated rings. The number of ether oxygens (including phenoxy) is 1. The van der Waals surface area contributed by atoms with Crippen LogP contribution >= 0.6 is 0 Å². The minimum absolute atomic E-state index is 0.316. The van der Waals surface area contributed by atoms with Crippen molar-refractivity contribution in [2.45, 2.75) is 12.5 Å². The van der Waals surface area contributed by atoms with Crippen LogP contribution in [0.1, 0.15) is 12.5 Å². The van der Waals surface area contributed by atoms with Gasteiger partial charge in [-0.15, -0.1) is 0 Å². The molecule has 0 radical (unpaired) electrons. The van der Waals surface area contributed by atoms with Crippen molar-refractivity contribution in [2.24, 2.45) is 0 Å². The predicted octanol–water partition coefficient (Wildman–Crippen LogP) is 1.54. The predicted molar refractivity (Wildman–Crippen MR) is 47.9 cm³/mol. The van der Waals surface area contributed by atoms with Gasteiger partial charge in [0, 0.05) is 7.11 Å². The fraction of sp³-hybridized carbons (Fsp3) is 0.400. The Morgan fingerprint density at radius 2 is 1.92 bits per heavy atom. The summed E-state index contributed by atoms with van der Waals surface area (Å²) in [6, 6.07) is 9.50. The molecule has 0 heterocycles. The monoisotopic (exact) mass is 166 g/mol. The lowest BCUT2D eigenvalue weighted by atomic mass is 9.97. The Morgan fingerprint density at radius 3 is 2.42 bits per heavy atom. The third kappa shape index (κ3) is 2.06. The summed E-state index contributed by atoms with van der Waals surface area (Å²) >= 11 is 0. The Labute approximate surface area is 72.8 Å². The molecule has 0 saturated carbocycles. The van der Waals surface area contributed by atoms with E-state index in [1.807, 2.05) is 30.3 Å². The summed E-state index contributed by atoms with van der Waals surface area (Å²) in [5.74, 6) is 0. The average Bonchev–Trinajstić information content (AvgIpc) is 2.06. The molecule has 66 valence electrons. The van der Waals surface area contributed by atoms with E-state index in [9.17, 15) is 5.11 Å². The summed E-state index contributed by atoms with van der Waals surface area (Å²) < 4.78 is 4.91. The zero-order valence-corrected chi connectivity index (χ0v) is 7.45. The van der Waals surface area contributed by atoms with Crippen molar-refractivity contribution in [3.63, 3.8) is 0 Å². The van der Waals surface area contributed by atoms with Gasteiger partial charge >= 0.3 is 0 Å². The van der Waals surface area contributed by atoms with E-state index in [0.29, 0.717) is 6.61 Å². The second-order valence-electron chi connectivity index (χ2n) is 3.07. The molecular weight excluding hydrogens is 152 g/mol. The fourth-order valence-corrected chi connectivity index (χ4v) is 1.16. The summed E-state index contributed by atoms with van der Waals surface area (Å²) in [7, 11) is 1.58. The molecule has 1 aromatic carbocycles. The summed E-state index contributed by atoms with van der Waals surface area (Å²) in [5.41, 5.74) is 0.00238. The van der Waals surface area contributed by atoms with E-state index < -0.39 is 5.60 Å². The van der Waals surface area contributed by atoms with Crippen LogP contribution in [0, 0.1) is 0 Å².